The standard InChI is InChI=1S/C16H18N2O3/c1-21-10-15(19)18-14(16(17)20)9-11-6-7-12-4-2-3-5-13(12)8-11/h2-8,14H,9-10H2,1H3,(H2,17,20)(H,18,19)/t14-/m1/s1. The molecule has 0 aliphatic rings. The second-order valence-electron chi connectivity index (χ2n) is 4.84. The molecule has 21 heavy (non-hydrogen) atoms. The minimum atomic E-state index is -0.742. The number of hydrogen-bond donors (Lipinski definition) is 2. The van der Waals surface area contributed by atoms with E-state index in [9.17, 15) is 9.59 Å². The quantitative estimate of drug-likeness (QED) is 0.831. The van der Waals surface area contributed by atoms with E-state index in [-0.39, 0.29) is 12.5 Å². The van der Waals surface area contributed by atoms with Gasteiger partial charge in [0, 0.05) is 13.5 Å². The highest BCUT2D eigenvalue weighted by molar-refractivity contribution is 5.88. The molecule has 0 saturated heterocycles. The minimum absolute atomic E-state index is 0.0957. The monoisotopic (exact) mass is 286 g/mol. The SMILES string of the molecule is COCC(=O)N[C@H](Cc1ccc2ccccc2c1)C(N)=O. The molecule has 0 bridgehead atoms. The predicted octanol–water partition coefficient (Wildman–Crippen LogP) is 0.999. The van der Waals surface area contributed by atoms with Crippen LogP contribution in [0.3, 0.4) is 0 Å². The normalized spacial score (nSPS) is 12.0. The van der Waals surface area contributed by atoms with E-state index in [4.69, 9.17) is 10.5 Å². The number of rotatable bonds is 6. The van der Waals surface area contributed by atoms with Gasteiger partial charge in [-0.05, 0) is 16.3 Å². The van der Waals surface area contributed by atoms with Crippen molar-refractivity contribution in [3.05, 3.63) is 48.0 Å². The molecule has 0 spiro atoms. The van der Waals surface area contributed by atoms with Crippen molar-refractivity contribution >= 4 is 22.6 Å². The van der Waals surface area contributed by atoms with Crippen molar-refractivity contribution in [1.29, 1.82) is 0 Å². The number of fused-ring (bicyclic) bond motifs is 1. The maximum Gasteiger partial charge on any atom is 0.246 e. The van der Waals surface area contributed by atoms with Crippen molar-refractivity contribution in [1.82, 2.24) is 5.32 Å². The zero-order chi connectivity index (χ0) is 15.2. The van der Waals surface area contributed by atoms with Gasteiger partial charge in [0.25, 0.3) is 0 Å². The molecule has 0 saturated carbocycles. The van der Waals surface area contributed by atoms with Crippen LogP contribution in [0.1, 0.15) is 5.56 Å². The highest BCUT2D eigenvalue weighted by atomic mass is 16.5. The van der Waals surface area contributed by atoms with Crippen LogP contribution in [0.2, 0.25) is 0 Å². The van der Waals surface area contributed by atoms with E-state index in [1.807, 2.05) is 42.5 Å². The van der Waals surface area contributed by atoms with Crippen molar-refractivity contribution in [2.75, 3.05) is 13.7 Å². The largest absolute Gasteiger partial charge is 0.375 e. The fourth-order valence-corrected chi connectivity index (χ4v) is 2.19. The molecule has 0 aromatic heterocycles. The van der Waals surface area contributed by atoms with Gasteiger partial charge in [-0.2, -0.15) is 0 Å². The van der Waals surface area contributed by atoms with Gasteiger partial charge in [0.1, 0.15) is 12.6 Å². The summed E-state index contributed by atoms with van der Waals surface area (Å²) < 4.78 is 4.73. The van der Waals surface area contributed by atoms with Crippen molar-refractivity contribution in [2.24, 2.45) is 5.73 Å². The van der Waals surface area contributed by atoms with Crippen LogP contribution in [0, 0.1) is 0 Å². The molecule has 0 fully saturated rings. The number of ether oxygens (including phenoxy) is 1. The van der Waals surface area contributed by atoms with E-state index in [2.05, 4.69) is 5.32 Å². The second kappa shape index (κ2) is 6.85. The fourth-order valence-electron chi connectivity index (χ4n) is 2.19. The van der Waals surface area contributed by atoms with Crippen LogP contribution >= 0.6 is 0 Å². The van der Waals surface area contributed by atoms with Crippen LogP contribution in [0.15, 0.2) is 42.5 Å². The van der Waals surface area contributed by atoms with Gasteiger partial charge in [0.2, 0.25) is 11.8 Å². The Morgan fingerprint density at radius 3 is 2.57 bits per heavy atom. The number of nitrogens with one attached hydrogen (secondary N) is 1. The Balaban J connectivity index is 2.14. The maximum absolute atomic E-state index is 11.5. The molecule has 0 unspecified atom stereocenters. The van der Waals surface area contributed by atoms with Crippen LogP contribution in [0.4, 0.5) is 0 Å². The number of amides is 2. The van der Waals surface area contributed by atoms with Crippen molar-refractivity contribution in [3.8, 4) is 0 Å². The summed E-state index contributed by atoms with van der Waals surface area (Å²) in [7, 11) is 1.42. The summed E-state index contributed by atoms with van der Waals surface area (Å²) in [5.74, 6) is -0.922. The van der Waals surface area contributed by atoms with Gasteiger partial charge in [-0.3, -0.25) is 9.59 Å². The van der Waals surface area contributed by atoms with E-state index >= 15 is 0 Å². The number of primary amides is 1. The number of methoxy groups -OCH3 is 1. The molecule has 2 aromatic rings. The fraction of sp³-hybridized carbons (Fsp3) is 0.250. The first-order chi connectivity index (χ1) is 10.1. The van der Waals surface area contributed by atoms with Crippen LogP contribution in [-0.2, 0) is 20.7 Å². The van der Waals surface area contributed by atoms with E-state index < -0.39 is 11.9 Å². The first-order valence-corrected chi connectivity index (χ1v) is 6.65. The first kappa shape index (κ1) is 15.0. The first-order valence-electron chi connectivity index (χ1n) is 6.65. The third-order valence-corrected chi connectivity index (χ3v) is 3.21. The van der Waals surface area contributed by atoms with Crippen LogP contribution in [-0.4, -0.2) is 31.6 Å². The molecule has 5 nitrogen and oxygen atoms in total. The molecule has 3 N–H and O–H groups in total. The highest BCUT2D eigenvalue weighted by Crippen LogP contribution is 2.16. The Kier molecular flexibility index (Phi) is 4.90. The van der Waals surface area contributed by atoms with Crippen molar-refractivity contribution in [2.45, 2.75) is 12.5 Å². The molecule has 0 aliphatic carbocycles. The maximum atomic E-state index is 11.5. The summed E-state index contributed by atoms with van der Waals surface area (Å²) in [6.07, 6.45) is 0.357. The molecular weight excluding hydrogens is 268 g/mol. The van der Waals surface area contributed by atoms with Gasteiger partial charge in [0.05, 0.1) is 0 Å². The summed E-state index contributed by atoms with van der Waals surface area (Å²) in [5, 5.41) is 4.79. The number of carbonyl (C=O) groups is 2. The average Bonchev–Trinajstić information content (AvgIpc) is 2.46. The number of carbonyl (C=O) groups excluding carboxylic acids is 2. The van der Waals surface area contributed by atoms with Crippen LogP contribution in [0.5, 0.6) is 0 Å². The Hall–Kier alpha value is -2.40. The molecule has 110 valence electrons. The smallest absolute Gasteiger partial charge is 0.246 e. The summed E-state index contributed by atoms with van der Waals surface area (Å²) in [5.41, 5.74) is 6.29. The summed E-state index contributed by atoms with van der Waals surface area (Å²) >= 11 is 0. The third-order valence-electron chi connectivity index (χ3n) is 3.21. The molecule has 0 heterocycles. The minimum Gasteiger partial charge on any atom is -0.375 e. The second-order valence-corrected chi connectivity index (χ2v) is 4.84. The van der Waals surface area contributed by atoms with E-state index in [1.165, 1.54) is 7.11 Å². The molecule has 5 heteroatoms. The van der Waals surface area contributed by atoms with Crippen LogP contribution < -0.4 is 11.1 Å². The van der Waals surface area contributed by atoms with Crippen molar-refractivity contribution < 1.29 is 14.3 Å². The number of nitrogens with two attached hydrogens (primary N) is 1. The topological polar surface area (TPSA) is 81.4 Å². The lowest BCUT2D eigenvalue weighted by Crippen LogP contribution is -2.46. The van der Waals surface area contributed by atoms with E-state index in [1.54, 1.807) is 0 Å². The van der Waals surface area contributed by atoms with Gasteiger partial charge < -0.3 is 15.8 Å². The van der Waals surface area contributed by atoms with Gasteiger partial charge >= 0.3 is 0 Å². The lowest BCUT2D eigenvalue weighted by Gasteiger charge is -2.15. The zero-order valence-electron chi connectivity index (χ0n) is 11.8. The van der Waals surface area contributed by atoms with Gasteiger partial charge in [-0.1, -0.05) is 42.5 Å². The molecule has 0 radical (unpaired) electrons. The molecule has 2 amide bonds. The summed E-state index contributed by atoms with van der Waals surface area (Å²) in [4.78, 5) is 23.0. The molecule has 1 atom stereocenters. The summed E-state index contributed by atoms with van der Waals surface area (Å²) in [6, 6.07) is 13.1. The lowest BCUT2D eigenvalue weighted by molar-refractivity contribution is -0.129. The van der Waals surface area contributed by atoms with Gasteiger partial charge in [0.15, 0.2) is 0 Å². The average molecular weight is 286 g/mol. The zero-order valence-corrected chi connectivity index (χ0v) is 11.8. The molecule has 2 rings (SSSR count). The van der Waals surface area contributed by atoms with Gasteiger partial charge in [-0.15, -0.1) is 0 Å². The van der Waals surface area contributed by atoms with Gasteiger partial charge in [-0.25, -0.2) is 0 Å². The Morgan fingerprint density at radius 2 is 1.90 bits per heavy atom. The van der Waals surface area contributed by atoms with Crippen molar-refractivity contribution in [3.63, 3.8) is 0 Å². The Labute approximate surface area is 123 Å². The van der Waals surface area contributed by atoms with E-state index in [0.29, 0.717) is 6.42 Å². The molecular formula is C16H18N2O3. The third kappa shape index (κ3) is 4.03. The molecule has 0 aliphatic heterocycles. The highest BCUT2D eigenvalue weighted by Gasteiger charge is 2.18. The summed E-state index contributed by atoms with van der Waals surface area (Å²) in [6.45, 7) is -0.0957. The predicted molar refractivity (Wildman–Crippen MR) is 80.7 cm³/mol. The Morgan fingerprint density at radius 1 is 1.19 bits per heavy atom. The van der Waals surface area contributed by atoms with E-state index in [0.717, 1.165) is 16.3 Å². The van der Waals surface area contributed by atoms with Crippen LogP contribution in [0.25, 0.3) is 10.8 Å². The number of benzene rings is 2. The Bertz CT molecular complexity index is 655. The number of hydrogen-bond acceptors (Lipinski definition) is 3. The molecule has 2 aromatic carbocycles. The lowest BCUT2D eigenvalue weighted by atomic mass is 10.0.